The van der Waals surface area contributed by atoms with E-state index in [2.05, 4.69) is 54.2 Å². The molecule has 3 aromatic carbocycles. The minimum absolute atomic E-state index is 0.608. The molecule has 0 spiro atoms. The molecular weight excluding hydrogens is 416 g/mol. The molecular formula is C27H32N2O4. The quantitative estimate of drug-likeness (QED) is 0.515. The van der Waals surface area contributed by atoms with E-state index >= 15 is 0 Å². The van der Waals surface area contributed by atoms with Crippen LogP contribution in [0.15, 0.2) is 54.6 Å². The maximum atomic E-state index is 6.16. The summed E-state index contributed by atoms with van der Waals surface area (Å²) in [6.45, 7) is 3.05. The molecule has 0 aromatic heterocycles. The molecule has 0 N–H and O–H groups in total. The van der Waals surface area contributed by atoms with Crippen molar-refractivity contribution < 1.29 is 18.9 Å². The zero-order valence-corrected chi connectivity index (χ0v) is 20.1. The van der Waals surface area contributed by atoms with E-state index in [1.165, 1.54) is 11.3 Å². The van der Waals surface area contributed by atoms with Crippen LogP contribution in [0.5, 0.6) is 23.0 Å². The second-order valence-electron chi connectivity index (χ2n) is 8.32. The molecule has 0 saturated heterocycles. The van der Waals surface area contributed by atoms with E-state index < -0.39 is 0 Å². The number of hydrogen-bond acceptors (Lipinski definition) is 6. The molecule has 6 heteroatoms. The molecule has 0 bridgehead atoms. The summed E-state index contributed by atoms with van der Waals surface area (Å²) in [5.41, 5.74) is 5.43. The van der Waals surface area contributed by atoms with Crippen molar-refractivity contribution in [3.8, 4) is 34.1 Å². The highest BCUT2D eigenvalue weighted by molar-refractivity contribution is 5.79. The highest BCUT2D eigenvalue weighted by Gasteiger charge is 2.23. The van der Waals surface area contributed by atoms with Gasteiger partial charge in [-0.3, -0.25) is 4.90 Å². The van der Waals surface area contributed by atoms with Crippen LogP contribution < -0.4 is 23.8 Å². The van der Waals surface area contributed by atoms with Gasteiger partial charge < -0.3 is 23.8 Å². The largest absolute Gasteiger partial charge is 0.496 e. The third-order valence-electron chi connectivity index (χ3n) is 5.97. The number of ether oxygens (including phenoxy) is 4. The first kappa shape index (κ1) is 22.8. The van der Waals surface area contributed by atoms with Crippen LogP contribution in [-0.2, 0) is 13.1 Å². The Morgan fingerprint density at radius 1 is 0.879 bits per heavy atom. The predicted molar refractivity (Wildman–Crippen MR) is 132 cm³/mol. The van der Waals surface area contributed by atoms with Crippen molar-refractivity contribution in [2.24, 2.45) is 0 Å². The van der Waals surface area contributed by atoms with Crippen molar-refractivity contribution in [1.82, 2.24) is 4.90 Å². The Labute approximate surface area is 196 Å². The van der Waals surface area contributed by atoms with Gasteiger partial charge in [-0.25, -0.2) is 0 Å². The fraction of sp³-hybridized carbons (Fsp3) is 0.333. The summed E-state index contributed by atoms with van der Waals surface area (Å²) in [7, 11) is 9.13. The van der Waals surface area contributed by atoms with E-state index in [4.69, 9.17) is 18.9 Å². The van der Waals surface area contributed by atoms with Gasteiger partial charge in [-0.05, 0) is 47.5 Å². The van der Waals surface area contributed by atoms with Crippen molar-refractivity contribution in [3.05, 3.63) is 65.7 Å². The summed E-state index contributed by atoms with van der Waals surface area (Å²) < 4.78 is 23.2. The molecule has 1 aliphatic rings. The van der Waals surface area contributed by atoms with Crippen LogP contribution in [-0.4, -0.2) is 53.5 Å². The summed E-state index contributed by atoms with van der Waals surface area (Å²) in [6, 6.07) is 18.7. The van der Waals surface area contributed by atoms with Gasteiger partial charge in [0.25, 0.3) is 0 Å². The first-order chi connectivity index (χ1) is 16.0. The van der Waals surface area contributed by atoms with Gasteiger partial charge in [0.2, 0.25) is 0 Å². The number of nitrogens with zero attached hydrogens (tertiary/aromatic N) is 2. The van der Waals surface area contributed by atoms with Crippen LogP contribution >= 0.6 is 0 Å². The second kappa shape index (κ2) is 10.0. The smallest absolute Gasteiger partial charge is 0.165 e. The molecule has 0 aliphatic carbocycles. The Balaban J connectivity index is 1.68. The lowest BCUT2D eigenvalue weighted by Crippen LogP contribution is -2.25. The Morgan fingerprint density at radius 2 is 1.55 bits per heavy atom. The topological polar surface area (TPSA) is 43.4 Å². The van der Waals surface area contributed by atoms with E-state index in [1.807, 2.05) is 24.3 Å². The van der Waals surface area contributed by atoms with Gasteiger partial charge in [-0.15, -0.1) is 0 Å². The summed E-state index contributed by atoms with van der Waals surface area (Å²) >= 11 is 0. The SMILES string of the molecule is COc1cc(-c2c(OC)cccc2OC)cc2c1OCCN(Cc1ccc(N(C)C)cc1)C2. The van der Waals surface area contributed by atoms with Gasteiger partial charge in [0.05, 0.1) is 26.9 Å². The number of benzene rings is 3. The Morgan fingerprint density at radius 3 is 2.15 bits per heavy atom. The highest BCUT2D eigenvalue weighted by Crippen LogP contribution is 2.44. The van der Waals surface area contributed by atoms with Gasteiger partial charge in [0.1, 0.15) is 18.1 Å². The van der Waals surface area contributed by atoms with Gasteiger partial charge in [0, 0.05) is 45.0 Å². The Hall–Kier alpha value is -3.38. The van der Waals surface area contributed by atoms with E-state index in [-0.39, 0.29) is 0 Å². The molecule has 0 atom stereocenters. The summed E-state index contributed by atoms with van der Waals surface area (Å²) in [5, 5.41) is 0. The maximum absolute atomic E-state index is 6.16. The second-order valence-corrected chi connectivity index (χ2v) is 8.32. The molecule has 0 unspecified atom stereocenters. The van der Waals surface area contributed by atoms with Gasteiger partial charge in [-0.1, -0.05) is 18.2 Å². The summed E-state index contributed by atoms with van der Waals surface area (Å²) in [4.78, 5) is 4.51. The molecule has 174 valence electrons. The lowest BCUT2D eigenvalue weighted by Gasteiger charge is -2.21. The monoisotopic (exact) mass is 448 g/mol. The first-order valence-electron chi connectivity index (χ1n) is 11.1. The van der Waals surface area contributed by atoms with Crippen LogP contribution in [0.1, 0.15) is 11.1 Å². The van der Waals surface area contributed by atoms with Gasteiger partial charge in [-0.2, -0.15) is 0 Å². The summed E-state index contributed by atoms with van der Waals surface area (Å²) in [6.07, 6.45) is 0. The fourth-order valence-electron chi connectivity index (χ4n) is 4.26. The molecule has 3 aromatic rings. The number of methoxy groups -OCH3 is 3. The molecule has 33 heavy (non-hydrogen) atoms. The average molecular weight is 449 g/mol. The van der Waals surface area contributed by atoms with Crippen LogP contribution in [0.3, 0.4) is 0 Å². The Kier molecular flexibility index (Phi) is 6.94. The van der Waals surface area contributed by atoms with Gasteiger partial charge in [0.15, 0.2) is 11.5 Å². The lowest BCUT2D eigenvalue weighted by atomic mass is 9.99. The normalized spacial score (nSPS) is 13.5. The molecule has 4 rings (SSSR count). The zero-order chi connectivity index (χ0) is 23.4. The van der Waals surface area contributed by atoms with E-state index in [0.29, 0.717) is 12.4 Å². The molecule has 6 nitrogen and oxygen atoms in total. The molecule has 1 heterocycles. The van der Waals surface area contributed by atoms with E-state index in [0.717, 1.165) is 53.6 Å². The minimum Gasteiger partial charge on any atom is -0.496 e. The number of anilines is 1. The lowest BCUT2D eigenvalue weighted by molar-refractivity contribution is 0.217. The summed E-state index contributed by atoms with van der Waals surface area (Å²) in [5.74, 6) is 3.03. The predicted octanol–water partition coefficient (Wildman–Crippen LogP) is 4.84. The fourth-order valence-corrected chi connectivity index (χ4v) is 4.26. The third kappa shape index (κ3) is 4.86. The number of hydrogen-bond donors (Lipinski definition) is 0. The highest BCUT2D eigenvalue weighted by atomic mass is 16.5. The van der Waals surface area contributed by atoms with Gasteiger partial charge >= 0.3 is 0 Å². The van der Waals surface area contributed by atoms with Crippen molar-refractivity contribution in [2.45, 2.75) is 13.1 Å². The maximum Gasteiger partial charge on any atom is 0.165 e. The van der Waals surface area contributed by atoms with Crippen molar-refractivity contribution in [2.75, 3.05) is 53.5 Å². The molecule has 0 amide bonds. The van der Waals surface area contributed by atoms with E-state index in [1.54, 1.807) is 21.3 Å². The van der Waals surface area contributed by atoms with Crippen molar-refractivity contribution in [3.63, 3.8) is 0 Å². The standard InChI is InChI=1S/C27H32N2O4/c1-28(2)22-11-9-19(10-12-22)17-29-13-14-33-27-21(18-29)15-20(16-25(27)32-5)26-23(30-3)7-6-8-24(26)31-4/h6-12,15-16H,13-14,17-18H2,1-5H3. The number of fused-ring (bicyclic) bond motifs is 1. The molecule has 1 aliphatic heterocycles. The van der Waals surface area contributed by atoms with E-state index in [9.17, 15) is 0 Å². The van der Waals surface area contributed by atoms with Crippen LogP contribution in [0.25, 0.3) is 11.1 Å². The zero-order valence-electron chi connectivity index (χ0n) is 20.1. The van der Waals surface area contributed by atoms with Crippen LogP contribution in [0.4, 0.5) is 5.69 Å². The molecule has 0 saturated carbocycles. The molecule has 0 radical (unpaired) electrons. The average Bonchev–Trinajstić information content (AvgIpc) is 3.04. The third-order valence-corrected chi connectivity index (χ3v) is 5.97. The Bertz CT molecular complexity index is 1070. The van der Waals surface area contributed by atoms with Crippen LogP contribution in [0, 0.1) is 0 Å². The minimum atomic E-state index is 0.608. The first-order valence-corrected chi connectivity index (χ1v) is 11.1. The van der Waals surface area contributed by atoms with Crippen molar-refractivity contribution in [1.29, 1.82) is 0 Å². The van der Waals surface area contributed by atoms with Crippen LogP contribution in [0.2, 0.25) is 0 Å². The molecule has 0 fully saturated rings. The van der Waals surface area contributed by atoms with Crippen molar-refractivity contribution >= 4 is 5.69 Å². The number of rotatable bonds is 7.